The summed E-state index contributed by atoms with van der Waals surface area (Å²) in [7, 11) is 0. The summed E-state index contributed by atoms with van der Waals surface area (Å²) in [5.41, 5.74) is 27.7. The van der Waals surface area contributed by atoms with Crippen LogP contribution in [0.15, 0.2) is 424 Å². The average Bonchev–Trinajstić information content (AvgIpc) is 1.53. The Balaban J connectivity index is 0.000000145. The summed E-state index contributed by atoms with van der Waals surface area (Å²) in [5, 5.41) is 11.4. The van der Waals surface area contributed by atoms with Crippen molar-refractivity contribution >= 4 is 98.1 Å². The number of pyridine rings is 3. The highest BCUT2D eigenvalue weighted by molar-refractivity contribution is 6.14. The molecule has 9 heterocycles. The number of para-hydroxylation sites is 6. The number of furan rings is 1. The molecule has 0 spiro atoms. The summed E-state index contributed by atoms with van der Waals surface area (Å²) >= 11 is 0. The van der Waals surface area contributed by atoms with Crippen LogP contribution in [0.2, 0.25) is 0 Å². The van der Waals surface area contributed by atoms with E-state index in [4.69, 9.17) is 24.4 Å². The van der Waals surface area contributed by atoms with Crippen molar-refractivity contribution in [2.45, 2.75) is 0 Å². The van der Waals surface area contributed by atoms with Gasteiger partial charge in [0.1, 0.15) is 17.0 Å². The number of hydrogen-bond donors (Lipinski definition) is 0. The Bertz CT molecular complexity index is 8190. The van der Waals surface area contributed by atoms with Gasteiger partial charge in [0.15, 0.2) is 11.6 Å². The molecule has 0 aliphatic heterocycles. The van der Waals surface area contributed by atoms with E-state index in [1.165, 1.54) is 10.8 Å². The van der Waals surface area contributed by atoms with Crippen LogP contribution >= 0.6 is 0 Å². The van der Waals surface area contributed by atoms with E-state index in [1.54, 1.807) is 24.7 Å². The lowest BCUT2D eigenvalue weighted by atomic mass is 9.99. The quantitative estimate of drug-likeness (QED) is 0.112. The Labute approximate surface area is 705 Å². The van der Waals surface area contributed by atoms with Gasteiger partial charge in [0.25, 0.3) is 0 Å². The van der Waals surface area contributed by atoms with Crippen molar-refractivity contribution in [2.75, 3.05) is 0 Å². The van der Waals surface area contributed by atoms with E-state index in [0.717, 1.165) is 200 Å². The maximum Gasteiger partial charge on any atom is 0.160 e. The van der Waals surface area contributed by atoms with Gasteiger partial charge >= 0.3 is 0 Å². The molecule has 0 saturated carbocycles. The predicted octanol–water partition coefficient (Wildman–Crippen LogP) is 28.3. The third-order valence-corrected chi connectivity index (χ3v) is 23.7. The molecule has 24 rings (SSSR count). The van der Waals surface area contributed by atoms with Crippen molar-refractivity contribution in [1.82, 2.24) is 48.6 Å². The Morgan fingerprint density at radius 3 is 1.40 bits per heavy atom. The van der Waals surface area contributed by atoms with E-state index in [0.29, 0.717) is 17.2 Å². The molecule has 0 aliphatic carbocycles. The third-order valence-electron chi connectivity index (χ3n) is 23.7. The van der Waals surface area contributed by atoms with Crippen molar-refractivity contribution in [1.29, 1.82) is 0 Å². The molecule has 12 heteroatoms. The minimum absolute atomic E-state index is 0.281. The monoisotopic (exact) mass is 1580 g/mol. The molecule has 0 N–H and O–H groups in total. The lowest BCUT2D eigenvalue weighted by Crippen LogP contribution is -1.97. The summed E-state index contributed by atoms with van der Waals surface area (Å²) in [5.74, 6) is 0.976. The SMILES string of the molecule is Fc1cc(-n2c3ccccc3c3cc(-c4cccc(-c5nc(-c6cccnc6)cc(-c6cccc7ccccc67)n5)c4)ccc32)ccc1-c1ccc2c3ccccc3n(-c3ccccc3)c2c1.c1ccc(-c2cc(-c3ccccn3)nc(-c3ccc(-c4ccc5c(c4)c4ccccc4n5-c4ccc(-c5cccc6c5oc5ccccc56)cc4)cc3)n2)nc1. The first kappa shape index (κ1) is 71.6. The highest BCUT2D eigenvalue weighted by Crippen LogP contribution is 2.44. The summed E-state index contributed by atoms with van der Waals surface area (Å²) in [6.45, 7) is 0. The Kier molecular flexibility index (Phi) is 17.5. The fourth-order valence-electron chi connectivity index (χ4n) is 17.8. The number of aromatic nitrogens is 10. The minimum Gasteiger partial charge on any atom is -0.455 e. The molecule has 0 aliphatic rings. The van der Waals surface area contributed by atoms with Gasteiger partial charge in [-0.25, -0.2) is 24.3 Å². The van der Waals surface area contributed by atoms with Gasteiger partial charge in [0.2, 0.25) is 0 Å². The van der Waals surface area contributed by atoms with Crippen LogP contribution in [0.5, 0.6) is 0 Å². The number of fused-ring (bicyclic) bond motifs is 13. The number of rotatable bonds is 13. The van der Waals surface area contributed by atoms with Gasteiger partial charge in [-0.2, -0.15) is 0 Å². The van der Waals surface area contributed by atoms with Gasteiger partial charge in [-0.3, -0.25) is 15.0 Å². The normalized spacial score (nSPS) is 11.6. The molecule has 0 bridgehead atoms. The zero-order valence-electron chi connectivity index (χ0n) is 66.1. The number of benzene rings is 15. The van der Waals surface area contributed by atoms with Crippen molar-refractivity contribution in [3.05, 3.63) is 425 Å². The van der Waals surface area contributed by atoms with Gasteiger partial charge in [-0.15, -0.1) is 0 Å². The maximum absolute atomic E-state index is 16.7. The second-order valence-corrected chi connectivity index (χ2v) is 30.9. The Hall–Kier alpha value is -16.7. The van der Waals surface area contributed by atoms with Gasteiger partial charge in [0.05, 0.1) is 67.3 Å². The highest BCUT2D eigenvalue weighted by atomic mass is 19.1. The second kappa shape index (κ2) is 30.0. The largest absolute Gasteiger partial charge is 0.455 e. The van der Waals surface area contributed by atoms with Crippen LogP contribution in [-0.2, 0) is 0 Å². The molecule has 0 amide bonds. The number of nitrogens with zero attached hydrogens (tertiary/aromatic N) is 10. The summed E-state index contributed by atoms with van der Waals surface area (Å²) in [6, 6.07) is 136. The van der Waals surface area contributed by atoms with Crippen LogP contribution in [-0.4, -0.2) is 48.6 Å². The molecule has 0 atom stereocenters. The molecule has 9 aromatic heterocycles. The molecule has 24 aromatic rings. The molecule has 15 aromatic carbocycles. The standard InChI is InChI=1S/C61H38FN5.C50H31N5O/c62-54-36-46(28-30-48(54)42-26-29-52-50-21-6-8-24-57(50)66(60(52)35-42)45-18-2-1-3-19-45)67-58-25-9-7-22-51(58)53-34-41(27-31-59(53)67)40-15-10-16-43(33-40)61-64-55(44-17-12-32-63-38-44)37-56(65-61)49-23-11-14-39-13-4-5-20-47(39)49;1-3-16-46-38(10-1)41-30-35(32-18-20-34(21-19-32)50-53-44(42-14-5-7-28-51-42)31-45(54-50)43-15-6-8-29-52-43)24-27-47(41)55(46)36-25-22-33(23-26-36)37-12-9-13-40-39-11-2-4-17-48(39)56-49(37)40/h1-38H;1-31H. The van der Waals surface area contributed by atoms with E-state index >= 15 is 4.39 Å². The van der Waals surface area contributed by atoms with Crippen molar-refractivity contribution in [3.63, 3.8) is 0 Å². The van der Waals surface area contributed by atoms with E-state index < -0.39 is 0 Å². The highest BCUT2D eigenvalue weighted by Gasteiger charge is 2.23. The summed E-state index contributed by atoms with van der Waals surface area (Å²) in [6.07, 6.45) is 7.18. The Morgan fingerprint density at radius 2 is 0.707 bits per heavy atom. The lowest BCUT2D eigenvalue weighted by Gasteiger charge is -2.12. The first-order valence-electron chi connectivity index (χ1n) is 41.1. The average molecular weight is 1580 g/mol. The lowest BCUT2D eigenvalue weighted by molar-refractivity contribution is 0.630. The third kappa shape index (κ3) is 12.8. The molecule has 123 heavy (non-hydrogen) atoms. The van der Waals surface area contributed by atoms with Crippen LogP contribution in [0.3, 0.4) is 0 Å². The van der Waals surface area contributed by atoms with E-state index in [1.807, 2.05) is 103 Å². The molecule has 0 fully saturated rings. The second-order valence-electron chi connectivity index (χ2n) is 30.9. The number of halogens is 1. The van der Waals surface area contributed by atoms with E-state index in [9.17, 15) is 0 Å². The Morgan fingerprint density at radius 1 is 0.228 bits per heavy atom. The molecule has 0 radical (unpaired) electrons. The van der Waals surface area contributed by atoms with E-state index in [2.05, 4.69) is 320 Å². The van der Waals surface area contributed by atoms with Crippen LogP contribution in [0.4, 0.5) is 4.39 Å². The van der Waals surface area contributed by atoms with Gasteiger partial charge in [-0.05, 0) is 196 Å². The maximum atomic E-state index is 16.7. The molecule has 0 saturated heterocycles. The summed E-state index contributed by atoms with van der Waals surface area (Å²) in [4.78, 5) is 33.7. The molecular weight excluding hydrogens is 1510 g/mol. The molecular formula is C111H69FN10O. The summed E-state index contributed by atoms with van der Waals surface area (Å²) < 4.78 is 29.8. The fraction of sp³-hybridized carbons (Fsp3) is 0. The van der Waals surface area contributed by atoms with Gasteiger partial charge < -0.3 is 18.1 Å². The van der Waals surface area contributed by atoms with Crippen LogP contribution in [0.25, 0.3) is 228 Å². The van der Waals surface area contributed by atoms with Crippen LogP contribution in [0, 0.1) is 5.82 Å². The van der Waals surface area contributed by atoms with Crippen LogP contribution in [0.1, 0.15) is 0 Å². The van der Waals surface area contributed by atoms with Crippen LogP contribution < -0.4 is 0 Å². The zero-order chi connectivity index (χ0) is 81.4. The molecule has 0 unspecified atom stereocenters. The number of hydrogen-bond acceptors (Lipinski definition) is 8. The molecule has 11 nitrogen and oxygen atoms in total. The molecule has 576 valence electrons. The van der Waals surface area contributed by atoms with E-state index in [-0.39, 0.29) is 5.82 Å². The first-order chi connectivity index (χ1) is 60.9. The topological polar surface area (TPSA) is 118 Å². The minimum atomic E-state index is -0.281. The van der Waals surface area contributed by atoms with Crippen molar-refractivity contribution < 1.29 is 8.81 Å². The van der Waals surface area contributed by atoms with Crippen molar-refractivity contribution in [2.24, 2.45) is 0 Å². The van der Waals surface area contributed by atoms with Gasteiger partial charge in [0, 0.05) is 118 Å². The first-order valence-corrected chi connectivity index (χ1v) is 41.1. The smallest absolute Gasteiger partial charge is 0.160 e. The van der Waals surface area contributed by atoms with Gasteiger partial charge in [-0.1, -0.05) is 243 Å². The predicted molar refractivity (Wildman–Crippen MR) is 500 cm³/mol. The van der Waals surface area contributed by atoms with Crippen molar-refractivity contribution in [3.8, 4) is 130 Å². The fourth-order valence-corrected chi connectivity index (χ4v) is 17.8. The zero-order valence-corrected chi connectivity index (χ0v) is 66.1.